The number of hydrogen-bond donors (Lipinski definition) is 1. The molecule has 3 aromatic rings. The van der Waals surface area contributed by atoms with Crippen molar-refractivity contribution in [3.8, 4) is 0 Å². The standard InChI is InChI=1S/C17H17Cl2N5O/c1-2-16(24-10-14(19)7-21-24)17(25)22-15-8-20-23(11-15)9-12-4-3-5-13(18)6-12/h3-8,10-11,16H,2,9H2,1H3,(H,22,25). The van der Waals surface area contributed by atoms with Gasteiger partial charge in [-0.05, 0) is 24.1 Å². The maximum absolute atomic E-state index is 12.5. The Labute approximate surface area is 155 Å². The molecular weight excluding hydrogens is 361 g/mol. The van der Waals surface area contributed by atoms with Crippen molar-refractivity contribution >= 4 is 34.8 Å². The summed E-state index contributed by atoms with van der Waals surface area (Å²) in [6.07, 6.45) is 7.14. The first kappa shape index (κ1) is 17.5. The number of halogens is 2. The second-order valence-electron chi connectivity index (χ2n) is 5.61. The third kappa shape index (κ3) is 4.41. The van der Waals surface area contributed by atoms with Crippen LogP contribution in [0.25, 0.3) is 0 Å². The van der Waals surface area contributed by atoms with Crippen LogP contribution in [0.3, 0.4) is 0 Å². The van der Waals surface area contributed by atoms with E-state index in [1.54, 1.807) is 28.0 Å². The van der Waals surface area contributed by atoms with E-state index in [-0.39, 0.29) is 5.91 Å². The number of rotatable bonds is 6. The molecule has 1 N–H and O–H groups in total. The summed E-state index contributed by atoms with van der Waals surface area (Å²) in [7, 11) is 0. The van der Waals surface area contributed by atoms with Gasteiger partial charge in [0.2, 0.25) is 5.91 Å². The second-order valence-corrected chi connectivity index (χ2v) is 6.48. The van der Waals surface area contributed by atoms with Crippen molar-refractivity contribution < 1.29 is 4.79 Å². The van der Waals surface area contributed by atoms with E-state index in [9.17, 15) is 4.79 Å². The minimum absolute atomic E-state index is 0.162. The van der Waals surface area contributed by atoms with Gasteiger partial charge in [-0.3, -0.25) is 14.2 Å². The Morgan fingerprint density at radius 3 is 2.72 bits per heavy atom. The van der Waals surface area contributed by atoms with Crippen LogP contribution in [0, 0.1) is 0 Å². The topological polar surface area (TPSA) is 64.7 Å². The van der Waals surface area contributed by atoms with Gasteiger partial charge in [0, 0.05) is 17.4 Å². The number of amides is 1. The predicted octanol–water partition coefficient (Wildman–Crippen LogP) is 4.02. The normalized spacial score (nSPS) is 12.1. The van der Waals surface area contributed by atoms with Crippen molar-refractivity contribution in [2.75, 3.05) is 5.32 Å². The van der Waals surface area contributed by atoms with Gasteiger partial charge in [-0.15, -0.1) is 0 Å². The largest absolute Gasteiger partial charge is 0.322 e. The average Bonchev–Trinajstić information content (AvgIpc) is 3.17. The predicted molar refractivity (Wildman–Crippen MR) is 98.0 cm³/mol. The van der Waals surface area contributed by atoms with E-state index in [1.807, 2.05) is 31.2 Å². The monoisotopic (exact) mass is 377 g/mol. The van der Waals surface area contributed by atoms with Crippen molar-refractivity contribution in [2.45, 2.75) is 25.9 Å². The van der Waals surface area contributed by atoms with Crippen molar-refractivity contribution in [1.29, 1.82) is 0 Å². The van der Waals surface area contributed by atoms with Gasteiger partial charge in [0.25, 0.3) is 0 Å². The van der Waals surface area contributed by atoms with E-state index in [4.69, 9.17) is 23.2 Å². The second kappa shape index (κ2) is 7.72. The van der Waals surface area contributed by atoms with Crippen LogP contribution < -0.4 is 5.32 Å². The minimum atomic E-state index is -0.427. The first-order valence-electron chi connectivity index (χ1n) is 7.82. The van der Waals surface area contributed by atoms with Gasteiger partial charge in [-0.2, -0.15) is 10.2 Å². The summed E-state index contributed by atoms with van der Waals surface area (Å²) < 4.78 is 3.31. The van der Waals surface area contributed by atoms with E-state index in [1.165, 1.54) is 6.20 Å². The summed E-state index contributed by atoms with van der Waals surface area (Å²) in [5.74, 6) is -0.162. The molecule has 1 amide bonds. The molecule has 2 heterocycles. The van der Waals surface area contributed by atoms with E-state index >= 15 is 0 Å². The fraction of sp³-hybridized carbons (Fsp3) is 0.235. The lowest BCUT2D eigenvalue weighted by Gasteiger charge is -2.14. The molecule has 0 bridgehead atoms. The van der Waals surface area contributed by atoms with Gasteiger partial charge in [0.05, 0.1) is 29.6 Å². The maximum atomic E-state index is 12.5. The fourth-order valence-corrected chi connectivity index (χ4v) is 2.90. The lowest BCUT2D eigenvalue weighted by atomic mass is 10.2. The summed E-state index contributed by atoms with van der Waals surface area (Å²) in [5.41, 5.74) is 1.66. The maximum Gasteiger partial charge on any atom is 0.249 e. The first-order chi connectivity index (χ1) is 12.0. The Bertz CT molecular complexity index is 873. The van der Waals surface area contributed by atoms with E-state index in [2.05, 4.69) is 15.5 Å². The number of benzene rings is 1. The fourth-order valence-electron chi connectivity index (χ4n) is 2.54. The highest BCUT2D eigenvalue weighted by molar-refractivity contribution is 6.30. The highest BCUT2D eigenvalue weighted by Gasteiger charge is 2.20. The molecule has 0 fully saturated rings. The Morgan fingerprint density at radius 1 is 1.20 bits per heavy atom. The Morgan fingerprint density at radius 2 is 2.04 bits per heavy atom. The zero-order valence-electron chi connectivity index (χ0n) is 13.6. The molecule has 0 aliphatic carbocycles. The molecule has 130 valence electrons. The zero-order valence-corrected chi connectivity index (χ0v) is 15.1. The smallest absolute Gasteiger partial charge is 0.249 e. The van der Waals surface area contributed by atoms with Gasteiger partial charge >= 0.3 is 0 Å². The minimum Gasteiger partial charge on any atom is -0.322 e. The molecular formula is C17H17Cl2N5O. The first-order valence-corrected chi connectivity index (χ1v) is 8.58. The summed E-state index contributed by atoms with van der Waals surface area (Å²) in [4.78, 5) is 12.5. The average molecular weight is 378 g/mol. The molecule has 0 aliphatic heterocycles. The van der Waals surface area contributed by atoms with Crippen molar-refractivity contribution in [2.24, 2.45) is 0 Å². The molecule has 0 radical (unpaired) electrons. The van der Waals surface area contributed by atoms with Gasteiger partial charge in [-0.1, -0.05) is 42.3 Å². The molecule has 0 aliphatic rings. The molecule has 2 aromatic heterocycles. The van der Waals surface area contributed by atoms with Crippen LogP contribution in [0.1, 0.15) is 24.9 Å². The number of nitrogens with zero attached hydrogens (tertiary/aromatic N) is 4. The van der Waals surface area contributed by atoms with Crippen LogP contribution in [-0.2, 0) is 11.3 Å². The lowest BCUT2D eigenvalue weighted by molar-refractivity contribution is -0.119. The highest BCUT2D eigenvalue weighted by atomic mass is 35.5. The Hall–Kier alpha value is -2.31. The molecule has 25 heavy (non-hydrogen) atoms. The zero-order chi connectivity index (χ0) is 17.8. The van der Waals surface area contributed by atoms with Gasteiger partial charge in [0.1, 0.15) is 6.04 Å². The van der Waals surface area contributed by atoms with Crippen molar-refractivity contribution in [3.05, 3.63) is 64.7 Å². The van der Waals surface area contributed by atoms with Crippen LogP contribution in [-0.4, -0.2) is 25.5 Å². The van der Waals surface area contributed by atoms with Gasteiger partial charge < -0.3 is 5.32 Å². The molecule has 6 nitrogen and oxygen atoms in total. The molecule has 0 saturated heterocycles. The quantitative estimate of drug-likeness (QED) is 0.705. The van der Waals surface area contributed by atoms with E-state index in [0.29, 0.717) is 28.7 Å². The number of carbonyl (C=O) groups excluding carboxylic acids is 1. The van der Waals surface area contributed by atoms with Gasteiger partial charge in [-0.25, -0.2) is 0 Å². The summed E-state index contributed by atoms with van der Waals surface area (Å²) in [6, 6.07) is 7.15. The van der Waals surface area contributed by atoms with Gasteiger partial charge in [0.15, 0.2) is 0 Å². The highest BCUT2D eigenvalue weighted by Crippen LogP contribution is 2.18. The van der Waals surface area contributed by atoms with E-state index in [0.717, 1.165) is 5.56 Å². The molecule has 1 atom stereocenters. The molecule has 1 aromatic carbocycles. The number of hydrogen-bond acceptors (Lipinski definition) is 3. The van der Waals surface area contributed by atoms with Crippen molar-refractivity contribution in [1.82, 2.24) is 19.6 Å². The lowest BCUT2D eigenvalue weighted by Crippen LogP contribution is -2.25. The van der Waals surface area contributed by atoms with Crippen LogP contribution in [0.15, 0.2) is 49.1 Å². The van der Waals surface area contributed by atoms with Crippen LogP contribution in [0.2, 0.25) is 10.0 Å². The van der Waals surface area contributed by atoms with E-state index < -0.39 is 6.04 Å². The third-order valence-electron chi connectivity index (χ3n) is 3.71. The Balaban J connectivity index is 1.67. The summed E-state index contributed by atoms with van der Waals surface area (Å²) in [6.45, 7) is 2.49. The third-order valence-corrected chi connectivity index (χ3v) is 4.14. The van der Waals surface area contributed by atoms with Crippen LogP contribution in [0.4, 0.5) is 5.69 Å². The van der Waals surface area contributed by atoms with Crippen LogP contribution >= 0.6 is 23.2 Å². The molecule has 3 rings (SSSR count). The number of carbonyl (C=O) groups is 1. The molecule has 0 spiro atoms. The van der Waals surface area contributed by atoms with Crippen molar-refractivity contribution in [3.63, 3.8) is 0 Å². The summed E-state index contributed by atoms with van der Waals surface area (Å²) >= 11 is 11.9. The number of aromatic nitrogens is 4. The molecule has 8 heteroatoms. The molecule has 1 unspecified atom stereocenters. The number of anilines is 1. The Kier molecular flexibility index (Phi) is 5.40. The van der Waals surface area contributed by atoms with Crippen LogP contribution in [0.5, 0.6) is 0 Å². The number of nitrogens with one attached hydrogen (secondary N) is 1. The SMILES string of the molecule is CCC(C(=O)Nc1cnn(Cc2cccc(Cl)c2)c1)n1cc(Cl)cn1. The molecule has 0 saturated carbocycles. The summed E-state index contributed by atoms with van der Waals surface area (Å²) in [5, 5.41) is 12.4.